The molecule has 0 bridgehead atoms. The molecule has 0 atom stereocenters. The molecule has 2 aromatic heterocycles. The number of aromatic nitrogens is 2. The van der Waals surface area contributed by atoms with Gasteiger partial charge in [0.25, 0.3) is 11.5 Å². The number of fused-ring (bicyclic) bond motifs is 1. The van der Waals surface area contributed by atoms with Gasteiger partial charge in [-0.15, -0.1) is 0 Å². The van der Waals surface area contributed by atoms with Crippen molar-refractivity contribution >= 4 is 34.0 Å². The fourth-order valence-electron chi connectivity index (χ4n) is 5.82. The van der Waals surface area contributed by atoms with Crippen LogP contribution < -0.4 is 21.1 Å². The number of piperazine rings is 1. The molecule has 0 saturated carbocycles. The minimum absolute atomic E-state index is 0.135. The van der Waals surface area contributed by atoms with Crippen molar-refractivity contribution in [2.75, 3.05) is 50.0 Å². The quantitative estimate of drug-likeness (QED) is 0.169. The number of likely N-dealkylation sites (N-methyl/N-ethyl adjacent to an activating group) is 1. The lowest BCUT2D eigenvalue weighted by Gasteiger charge is -2.35. The number of rotatable bonds is 12. The van der Waals surface area contributed by atoms with E-state index in [0.717, 1.165) is 67.2 Å². The van der Waals surface area contributed by atoms with E-state index in [1.165, 1.54) is 37.7 Å². The van der Waals surface area contributed by atoms with E-state index in [0.29, 0.717) is 16.8 Å². The maximum Gasteiger partial charge on any atom is 0.259 e. The average Bonchev–Trinajstić information content (AvgIpc) is 3.05. The molecule has 226 valence electrons. The highest BCUT2D eigenvalue weighted by atomic mass is 16.1. The number of nitrogens with one attached hydrogen (secondary N) is 3. The standard InChI is InChI=1S/C35H44N6O2/c1-4-6-7-8-9-10-25-11-17-28(18-12-25)38-33-32-29(23-31(39-33)41-21-19-40(5-2)20-22-41)30(24-37-35(32)43)26-13-15-27(16-14-26)34(42)36-3/h11-18,23-24H,4-10,19-22H2,1-3H3,(H,36,42)(H,37,43)(H,38,39). The molecule has 4 aromatic rings. The molecule has 1 fully saturated rings. The molecule has 8 nitrogen and oxygen atoms in total. The number of carbonyl (C=O) groups excluding carboxylic acids is 1. The van der Waals surface area contributed by atoms with Gasteiger partial charge in [-0.3, -0.25) is 9.59 Å². The molecular weight excluding hydrogens is 536 g/mol. The molecule has 1 saturated heterocycles. The Bertz CT molecular complexity index is 1570. The number of amides is 1. The largest absolute Gasteiger partial charge is 0.355 e. The maximum absolute atomic E-state index is 13.4. The highest BCUT2D eigenvalue weighted by Crippen LogP contribution is 2.34. The number of unbranched alkanes of at least 4 members (excludes halogenated alkanes) is 4. The number of nitrogens with zero attached hydrogens (tertiary/aromatic N) is 3. The van der Waals surface area contributed by atoms with E-state index in [9.17, 15) is 9.59 Å². The number of aryl methyl sites for hydroxylation is 1. The van der Waals surface area contributed by atoms with Crippen LogP contribution in [0.5, 0.6) is 0 Å². The molecule has 5 rings (SSSR count). The van der Waals surface area contributed by atoms with Crippen molar-refractivity contribution in [1.82, 2.24) is 20.2 Å². The lowest BCUT2D eigenvalue weighted by atomic mass is 9.99. The van der Waals surface area contributed by atoms with Gasteiger partial charge in [0.2, 0.25) is 0 Å². The van der Waals surface area contributed by atoms with Gasteiger partial charge in [-0.1, -0.05) is 63.8 Å². The summed E-state index contributed by atoms with van der Waals surface area (Å²) in [6, 6.07) is 18.0. The van der Waals surface area contributed by atoms with E-state index >= 15 is 0 Å². The zero-order valence-electron chi connectivity index (χ0n) is 25.7. The van der Waals surface area contributed by atoms with Crippen LogP contribution in [0.2, 0.25) is 0 Å². The minimum Gasteiger partial charge on any atom is -0.355 e. The van der Waals surface area contributed by atoms with Crippen molar-refractivity contribution in [3.63, 3.8) is 0 Å². The highest BCUT2D eigenvalue weighted by molar-refractivity contribution is 6.03. The van der Waals surface area contributed by atoms with E-state index in [4.69, 9.17) is 4.98 Å². The normalized spacial score (nSPS) is 13.8. The van der Waals surface area contributed by atoms with Gasteiger partial charge in [0, 0.05) is 61.6 Å². The van der Waals surface area contributed by atoms with Crippen LogP contribution in [-0.2, 0) is 6.42 Å². The Morgan fingerprint density at radius 3 is 2.33 bits per heavy atom. The van der Waals surface area contributed by atoms with Gasteiger partial charge < -0.3 is 25.4 Å². The Balaban J connectivity index is 1.50. The van der Waals surface area contributed by atoms with Crippen molar-refractivity contribution in [3.8, 4) is 11.1 Å². The van der Waals surface area contributed by atoms with Crippen LogP contribution in [0, 0.1) is 0 Å². The maximum atomic E-state index is 13.4. The van der Waals surface area contributed by atoms with E-state index < -0.39 is 0 Å². The Morgan fingerprint density at radius 2 is 1.65 bits per heavy atom. The predicted octanol–water partition coefficient (Wildman–Crippen LogP) is 6.35. The molecule has 8 heteroatoms. The zero-order chi connectivity index (χ0) is 30.2. The van der Waals surface area contributed by atoms with E-state index in [1.807, 2.05) is 30.3 Å². The molecule has 0 unspecified atom stereocenters. The van der Waals surface area contributed by atoms with Gasteiger partial charge >= 0.3 is 0 Å². The monoisotopic (exact) mass is 580 g/mol. The molecule has 0 aliphatic carbocycles. The van der Waals surface area contributed by atoms with Crippen molar-refractivity contribution in [3.05, 3.63) is 82.3 Å². The SMILES string of the molecule is CCCCCCCc1ccc(Nc2nc(N3CCN(CC)CC3)cc3c(-c4ccc(C(=O)NC)cc4)c[nH]c(=O)c23)cc1. The summed E-state index contributed by atoms with van der Waals surface area (Å²) in [6.45, 7) is 9.16. The highest BCUT2D eigenvalue weighted by Gasteiger charge is 2.21. The predicted molar refractivity (Wildman–Crippen MR) is 178 cm³/mol. The fraction of sp³-hybridized carbons (Fsp3) is 0.400. The van der Waals surface area contributed by atoms with Crippen LogP contribution >= 0.6 is 0 Å². The number of carbonyl (C=O) groups is 1. The summed E-state index contributed by atoms with van der Waals surface area (Å²) in [7, 11) is 1.62. The van der Waals surface area contributed by atoms with Crippen LogP contribution in [0.25, 0.3) is 21.9 Å². The van der Waals surface area contributed by atoms with Crippen molar-refractivity contribution in [1.29, 1.82) is 0 Å². The second kappa shape index (κ2) is 14.3. The first-order valence-electron chi connectivity index (χ1n) is 15.7. The van der Waals surface area contributed by atoms with Gasteiger partial charge in [-0.25, -0.2) is 4.98 Å². The van der Waals surface area contributed by atoms with Crippen LogP contribution in [0.3, 0.4) is 0 Å². The lowest BCUT2D eigenvalue weighted by Crippen LogP contribution is -2.46. The minimum atomic E-state index is -0.193. The lowest BCUT2D eigenvalue weighted by molar-refractivity contribution is 0.0963. The number of pyridine rings is 2. The Morgan fingerprint density at radius 1 is 0.930 bits per heavy atom. The third kappa shape index (κ3) is 7.25. The molecular formula is C35H44N6O2. The topological polar surface area (TPSA) is 93.4 Å². The number of hydrogen-bond donors (Lipinski definition) is 3. The second-order valence-electron chi connectivity index (χ2n) is 11.3. The molecule has 1 aliphatic heterocycles. The summed E-state index contributed by atoms with van der Waals surface area (Å²) in [5, 5.41) is 7.50. The smallest absolute Gasteiger partial charge is 0.259 e. The van der Waals surface area contributed by atoms with Gasteiger partial charge in [0.05, 0.1) is 5.39 Å². The van der Waals surface area contributed by atoms with Gasteiger partial charge in [-0.2, -0.15) is 0 Å². The van der Waals surface area contributed by atoms with E-state index in [-0.39, 0.29) is 11.5 Å². The number of benzene rings is 2. The Labute approximate surface area is 254 Å². The van der Waals surface area contributed by atoms with E-state index in [2.05, 4.69) is 63.5 Å². The van der Waals surface area contributed by atoms with Crippen LogP contribution in [-0.4, -0.2) is 60.5 Å². The van der Waals surface area contributed by atoms with Gasteiger partial charge in [0.1, 0.15) is 11.6 Å². The number of H-pyrrole nitrogens is 1. The number of aromatic amines is 1. The van der Waals surface area contributed by atoms with Crippen LogP contribution in [0.1, 0.15) is 61.9 Å². The number of anilines is 3. The molecule has 0 spiro atoms. The molecule has 3 heterocycles. The van der Waals surface area contributed by atoms with Crippen LogP contribution in [0.15, 0.2) is 65.6 Å². The molecule has 1 amide bonds. The summed E-state index contributed by atoms with van der Waals surface area (Å²) in [4.78, 5) is 38.2. The average molecular weight is 581 g/mol. The third-order valence-electron chi connectivity index (χ3n) is 8.49. The molecule has 2 aromatic carbocycles. The van der Waals surface area contributed by atoms with Crippen LogP contribution in [0.4, 0.5) is 17.3 Å². The second-order valence-corrected chi connectivity index (χ2v) is 11.3. The summed E-state index contributed by atoms with van der Waals surface area (Å²) >= 11 is 0. The summed E-state index contributed by atoms with van der Waals surface area (Å²) in [5.74, 6) is 1.26. The summed E-state index contributed by atoms with van der Waals surface area (Å²) in [5.41, 5.74) is 4.41. The Hall–Kier alpha value is -4.17. The first-order chi connectivity index (χ1) is 21.0. The first kappa shape index (κ1) is 30.3. The zero-order valence-corrected chi connectivity index (χ0v) is 25.7. The fourth-order valence-corrected chi connectivity index (χ4v) is 5.82. The van der Waals surface area contributed by atoms with E-state index in [1.54, 1.807) is 13.2 Å². The first-order valence-corrected chi connectivity index (χ1v) is 15.7. The van der Waals surface area contributed by atoms with Crippen molar-refractivity contribution in [2.24, 2.45) is 0 Å². The molecule has 0 radical (unpaired) electrons. The summed E-state index contributed by atoms with van der Waals surface area (Å²) in [6.07, 6.45) is 9.17. The third-order valence-corrected chi connectivity index (χ3v) is 8.49. The summed E-state index contributed by atoms with van der Waals surface area (Å²) < 4.78 is 0. The molecule has 43 heavy (non-hydrogen) atoms. The Kier molecular flexibility index (Phi) is 10.1. The van der Waals surface area contributed by atoms with Crippen molar-refractivity contribution in [2.45, 2.75) is 52.4 Å². The number of hydrogen-bond acceptors (Lipinski definition) is 6. The molecule has 1 aliphatic rings. The van der Waals surface area contributed by atoms with Gasteiger partial charge in [-0.05, 0) is 60.8 Å². The molecule has 3 N–H and O–H groups in total. The van der Waals surface area contributed by atoms with Crippen molar-refractivity contribution < 1.29 is 4.79 Å². The van der Waals surface area contributed by atoms with Gasteiger partial charge in [0.15, 0.2) is 0 Å².